The number of benzene rings is 2. The molecule has 1 N–H and O–H groups in total. The molecular weight excluding hydrogens is 406 g/mol. The molecule has 0 saturated heterocycles. The van der Waals surface area contributed by atoms with E-state index in [4.69, 9.17) is 14.2 Å². The highest BCUT2D eigenvalue weighted by atomic mass is 16.5. The van der Waals surface area contributed by atoms with E-state index in [1.54, 1.807) is 26.5 Å². The van der Waals surface area contributed by atoms with Crippen molar-refractivity contribution in [3.8, 4) is 17.2 Å². The lowest BCUT2D eigenvalue weighted by Gasteiger charge is -2.23. The Balaban J connectivity index is 1.84. The number of imidazole rings is 1. The predicted octanol–water partition coefficient (Wildman–Crippen LogP) is 4.02. The van der Waals surface area contributed by atoms with Gasteiger partial charge in [-0.25, -0.2) is 4.98 Å². The van der Waals surface area contributed by atoms with Gasteiger partial charge in [0.2, 0.25) is 0 Å². The van der Waals surface area contributed by atoms with Gasteiger partial charge in [0, 0.05) is 25.5 Å². The molecule has 170 valence electrons. The Morgan fingerprint density at radius 1 is 1.09 bits per heavy atom. The number of nitrogens with one attached hydrogen (secondary N) is 1. The second-order valence-electron chi connectivity index (χ2n) is 8.58. The van der Waals surface area contributed by atoms with Crippen LogP contribution in [0.5, 0.6) is 17.2 Å². The molecule has 7 heteroatoms. The fourth-order valence-electron chi connectivity index (χ4n) is 3.51. The molecule has 1 aromatic heterocycles. The van der Waals surface area contributed by atoms with Gasteiger partial charge < -0.3 is 24.1 Å². The first-order valence-electron chi connectivity index (χ1n) is 10.4. The minimum Gasteiger partial charge on any atom is -0.497 e. The second kappa shape index (κ2) is 9.77. The van der Waals surface area contributed by atoms with Crippen molar-refractivity contribution >= 4 is 5.91 Å². The van der Waals surface area contributed by atoms with Crippen LogP contribution in [0.15, 0.2) is 54.9 Å². The summed E-state index contributed by atoms with van der Waals surface area (Å²) < 4.78 is 18.6. The summed E-state index contributed by atoms with van der Waals surface area (Å²) in [5, 5.41) is 3.05. The number of aryl methyl sites for hydroxylation is 1. The van der Waals surface area contributed by atoms with E-state index in [0.29, 0.717) is 23.1 Å². The SMILES string of the molecule is COc1cc(OC)cc(C(NC(=O)COc2ccccc2C(C)(C)C)c2nccn2C)c1. The van der Waals surface area contributed by atoms with Gasteiger partial charge in [-0.3, -0.25) is 4.79 Å². The third-order valence-electron chi connectivity index (χ3n) is 5.18. The maximum Gasteiger partial charge on any atom is 0.258 e. The van der Waals surface area contributed by atoms with E-state index >= 15 is 0 Å². The number of carbonyl (C=O) groups excluding carboxylic acids is 1. The van der Waals surface area contributed by atoms with Crippen molar-refractivity contribution in [2.24, 2.45) is 7.05 Å². The number of para-hydroxylation sites is 1. The highest BCUT2D eigenvalue weighted by Gasteiger charge is 2.24. The summed E-state index contributed by atoms with van der Waals surface area (Å²) >= 11 is 0. The Morgan fingerprint density at radius 2 is 1.75 bits per heavy atom. The lowest BCUT2D eigenvalue weighted by atomic mass is 9.86. The zero-order valence-electron chi connectivity index (χ0n) is 19.5. The second-order valence-corrected chi connectivity index (χ2v) is 8.58. The number of hydrogen-bond acceptors (Lipinski definition) is 5. The Labute approximate surface area is 189 Å². The van der Waals surface area contributed by atoms with E-state index in [9.17, 15) is 4.79 Å². The molecule has 0 fully saturated rings. The molecule has 0 saturated carbocycles. The number of ether oxygens (including phenoxy) is 3. The van der Waals surface area contributed by atoms with Crippen LogP contribution in [0.2, 0.25) is 0 Å². The summed E-state index contributed by atoms with van der Waals surface area (Å²) in [7, 11) is 5.07. The fraction of sp³-hybridized carbons (Fsp3) is 0.360. The van der Waals surface area contributed by atoms with Gasteiger partial charge in [-0.15, -0.1) is 0 Å². The van der Waals surface area contributed by atoms with Gasteiger partial charge in [-0.2, -0.15) is 0 Å². The smallest absolute Gasteiger partial charge is 0.258 e. The van der Waals surface area contributed by atoms with Gasteiger partial charge in [0.15, 0.2) is 6.61 Å². The van der Waals surface area contributed by atoms with E-state index in [1.807, 2.05) is 54.2 Å². The normalized spacial score (nSPS) is 12.2. The van der Waals surface area contributed by atoms with Crippen molar-refractivity contribution < 1.29 is 19.0 Å². The van der Waals surface area contributed by atoms with Crippen LogP contribution < -0.4 is 19.5 Å². The predicted molar refractivity (Wildman–Crippen MR) is 123 cm³/mol. The number of hydrogen-bond donors (Lipinski definition) is 1. The molecule has 0 radical (unpaired) electrons. The van der Waals surface area contributed by atoms with Gasteiger partial charge in [-0.1, -0.05) is 39.0 Å². The zero-order valence-corrected chi connectivity index (χ0v) is 19.5. The van der Waals surface area contributed by atoms with Gasteiger partial charge in [0.1, 0.15) is 29.1 Å². The standard InChI is InChI=1S/C25H31N3O4/c1-25(2,3)20-9-7-8-10-21(20)32-16-22(29)27-23(24-26-11-12-28(24)4)17-13-18(30-5)15-19(14-17)31-6/h7-15,23H,16H2,1-6H3,(H,27,29). The van der Waals surface area contributed by atoms with Crippen LogP contribution in [0.25, 0.3) is 0 Å². The van der Waals surface area contributed by atoms with Gasteiger partial charge in [0.25, 0.3) is 5.91 Å². The average molecular weight is 438 g/mol. The van der Waals surface area contributed by atoms with E-state index in [-0.39, 0.29) is 17.9 Å². The van der Waals surface area contributed by atoms with Crippen LogP contribution in [-0.2, 0) is 17.3 Å². The third-order valence-corrected chi connectivity index (χ3v) is 5.18. The van der Waals surface area contributed by atoms with Crippen LogP contribution in [0, 0.1) is 0 Å². The van der Waals surface area contributed by atoms with Crippen molar-refractivity contribution in [1.29, 1.82) is 0 Å². The topological polar surface area (TPSA) is 74.6 Å². The molecule has 1 heterocycles. The quantitative estimate of drug-likeness (QED) is 0.576. The van der Waals surface area contributed by atoms with Crippen LogP contribution in [0.4, 0.5) is 0 Å². The van der Waals surface area contributed by atoms with Crippen molar-refractivity contribution in [2.75, 3.05) is 20.8 Å². The van der Waals surface area contributed by atoms with Gasteiger partial charge >= 0.3 is 0 Å². The minimum absolute atomic E-state index is 0.0975. The third kappa shape index (κ3) is 5.41. The molecule has 0 aliphatic heterocycles. The summed E-state index contributed by atoms with van der Waals surface area (Å²) in [6.45, 7) is 6.22. The summed E-state index contributed by atoms with van der Waals surface area (Å²) in [6, 6.07) is 12.8. The van der Waals surface area contributed by atoms with Gasteiger partial charge in [-0.05, 0) is 34.7 Å². The lowest BCUT2D eigenvalue weighted by molar-refractivity contribution is -0.123. The van der Waals surface area contributed by atoms with Crippen molar-refractivity contribution in [3.05, 3.63) is 71.8 Å². The fourth-order valence-corrected chi connectivity index (χ4v) is 3.51. The molecule has 7 nitrogen and oxygen atoms in total. The molecular formula is C25H31N3O4. The molecule has 0 spiro atoms. The summed E-state index contributed by atoms with van der Waals surface area (Å²) in [5.74, 6) is 2.38. The average Bonchev–Trinajstić information content (AvgIpc) is 3.20. The molecule has 3 rings (SSSR count). The molecule has 0 bridgehead atoms. The molecule has 32 heavy (non-hydrogen) atoms. The Hall–Kier alpha value is -3.48. The van der Waals surface area contributed by atoms with E-state index in [2.05, 4.69) is 31.1 Å². The molecule has 1 unspecified atom stereocenters. The molecule has 1 atom stereocenters. The first kappa shape index (κ1) is 23.2. The highest BCUT2D eigenvalue weighted by Crippen LogP contribution is 2.31. The van der Waals surface area contributed by atoms with Crippen molar-refractivity contribution in [3.63, 3.8) is 0 Å². The Bertz CT molecular complexity index is 1050. The number of amides is 1. The maximum atomic E-state index is 12.9. The molecule has 0 aliphatic rings. The Kier molecular flexibility index (Phi) is 7.08. The van der Waals surface area contributed by atoms with E-state index < -0.39 is 6.04 Å². The number of aromatic nitrogens is 2. The van der Waals surface area contributed by atoms with Crippen LogP contribution >= 0.6 is 0 Å². The number of nitrogens with zero attached hydrogens (tertiary/aromatic N) is 2. The van der Waals surface area contributed by atoms with Gasteiger partial charge in [0.05, 0.1) is 14.2 Å². The van der Waals surface area contributed by atoms with Crippen LogP contribution in [0.3, 0.4) is 0 Å². The number of rotatable bonds is 8. The summed E-state index contributed by atoms with van der Waals surface area (Å²) in [6.07, 6.45) is 3.53. The maximum absolute atomic E-state index is 12.9. The lowest BCUT2D eigenvalue weighted by Crippen LogP contribution is -2.34. The van der Waals surface area contributed by atoms with Crippen molar-refractivity contribution in [1.82, 2.24) is 14.9 Å². The van der Waals surface area contributed by atoms with Crippen LogP contribution in [0.1, 0.15) is 43.8 Å². The van der Waals surface area contributed by atoms with Crippen LogP contribution in [-0.4, -0.2) is 36.3 Å². The highest BCUT2D eigenvalue weighted by molar-refractivity contribution is 5.78. The molecule has 3 aromatic rings. The zero-order chi connectivity index (χ0) is 23.3. The first-order chi connectivity index (χ1) is 15.2. The number of carbonyl (C=O) groups is 1. The molecule has 0 aliphatic carbocycles. The monoisotopic (exact) mass is 437 g/mol. The van der Waals surface area contributed by atoms with E-state index in [0.717, 1.165) is 11.1 Å². The molecule has 2 aromatic carbocycles. The minimum atomic E-state index is -0.507. The Morgan fingerprint density at radius 3 is 2.31 bits per heavy atom. The largest absolute Gasteiger partial charge is 0.497 e. The summed E-state index contributed by atoms with van der Waals surface area (Å²) in [5.41, 5.74) is 1.74. The number of methoxy groups -OCH3 is 2. The van der Waals surface area contributed by atoms with Crippen molar-refractivity contribution in [2.45, 2.75) is 32.2 Å². The molecule has 1 amide bonds. The summed E-state index contributed by atoms with van der Waals surface area (Å²) in [4.78, 5) is 17.4. The first-order valence-corrected chi connectivity index (χ1v) is 10.4. The van der Waals surface area contributed by atoms with E-state index in [1.165, 1.54) is 0 Å².